The summed E-state index contributed by atoms with van der Waals surface area (Å²) in [4.78, 5) is 0. The molecule has 1 aliphatic carbocycles. The summed E-state index contributed by atoms with van der Waals surface area (Å²) in [5, 5.41) is 136. The van der Waals surface area contributed by atoms with Gasteiger partial charge in [0.25, 0.3) is 0 Å². The summed E-state index contributed by atoms with van der Waals surface area (Å²) in [6.45, 7) is -0.753. The summed E-state index contributed by atoms with van der Waals surface area (Å²) in [5.74, 6) is 0. The van der Waals surface area contributed by atoms with Gasteiger partial charge in [-0.3, -0.25) is 0 Å². The first-order valence-corrected chi connectivity index (χ1v) is 14.1. The molecular weight excluding hydrogens is 602 g/mol. The lowest BCUT2D eigenvalue weighted by Crippen LogP contribution is -2.68. The van der Waals surface area contributed by atoms with Crippen LogP contribution < -0.4 is 5.32 Å². The largest absolute Gasteiger partial charge is 0.394 e. The van der Waals surface area contributed by atoms with Gasteiger partial charge in [-0.25, -0.2) is 0 Å². The molecule has 3 heterocycles. The third kappa shape index (κ3) is 6.96. The predicted molar refractivity (Wildman–Crippen MR) is 138 cm³/mol. The third-order valence-electron chi connectivity index (χ3n) is 8.48. The van der Waals surface area contributed by atoms with Crippen LogP contribution in [0.5, 0.6) is 0 Å². The van der Waals surface area contributed by atoms with Gasteiger partial charge in [0.05, 0.1) is 38.0 Å². The molecule has 0 aromatic heterocycles. The van der Waals surface area contributed by atoms with Gasteiger partial charge in [0.1, 0.15) is 79.4 Å². The molecule has 44 heavy (non-hydrogen) atoms. The fourth-order valence-corrected chi connectivity index (χ4v) is 5.81. The van der Waals surface area contributed by atoms with Gasteiger partial charge >= 0.3 is 0 Å². The molecular formula is C25H43NO18. The van der Waals surface area contributed by atoms with Gasteiger partial charge in [0.15, 0.2) is 18.9 Å². The lowest BCUT2D eigenvalue weighted by Gasteiger charge is -2.48. The summed E-state index contributed by atoms with van der Waals surface area (Å²) in [6, 6.07) is -2.17. The van der Waals surface area contributed by atoms with Crippen LogP contribution in [0.25, 0.3) is 0 Å². The Labute approximate surface area is 250 Å². The Morgan fingerprint density at radius 3 is 1.73 bits per heavy atom. The maximum Gasteiger partial charge on any atom is 0.187 e. The number of aliphatic hydroxyl groups excluding tert-OH is 13. The molecule has 0 aromatic rings. The predicted octanol–water partition coefficient (Wildman–Crippen LogP) is -8.56. The van der Waals surface area contributed by atoms with Gasteiger partial charge < -0.3 is 95.4 Å². The number of nitrogens with one attached hydrogen (secondary N) is 1. The van der Waals surface area contributed by atoms with Crippen molar-refractivity contribution in [1.29, 1.82) is 0 Å². The van der Waals surface area contributed by atoms with Crippen LogP contribution in [0.15, 0.2) is 11.6 Å². The van der Waals surface area contributed by atoms with Crippen LogP contribution in [0.3, 0.4) is 0 Å². The molecule has 4 rings (SSSR count). The number of hydrogen-bond acceptors (Lipinski definition) is 19. The monoisotopic (exact) mass is 645 g/mol. The molecule has 19 heteroatoms. The Kier molecular flexibility index (Phi) is 12.1. The van der Waals surface area contributed by atoms with E-state index in [1.54, 1.807) is 0 Å². The van der Waals surface area contributed by atoms with Crippen molar-refractivity contribution in [1.82, 2.24) is 5.32 Å². The third-order valence-corrected chi connectivity index (χ3v) is 8.48. The lowest BCUT2D eigenvalue weighted by molar-refractivity contribution is -0.373. The lowest BCUT2D eigenvalue weighted by atomic mass is 9.86. The van der Waals surface area contributed by atoms with E-state index in [0.29, 0.717) is 0 Å². The Bertz CT molecular complexity index is 958. The first-order chi connectivity index (χ1) is 20.7. The van der Waals surface area contributed by atoms with Crippen molar-refractivity contribution >= 4 is 0 Å². The van der Waals surface area contributed by atoms with Crippen molar-refractivity contribution in [3.63, 3.8) is 0 Å². The van der Waals surface area contributed by atoms with Crippen LogP contribution in [-0.2, 0) is 23.7 Å². The number of rotatable bonds is 9. The Balaban J connectivity index is 1.42. The van der Waals surface area contributed by atoms with E-state index in [-0.39, 0.29) is 5.57 Å². The number of ether oxygens (including phenoxy) is 5. The average molecular weight is 646 g/mol. The number of aliphatic hydroxyl groups is 13. The van der Waals surface area contributed by atoms with Crippen molar-refractivity contribution < 1.29 is 90.1 Å². The molecule has 4 aliphatic rings. The fourth-order valence-electron chi connectivity index (χ4n) is 5.81. The van der Waals surface area contributed by atoms with Gasteiger partial charge in [-0.1, -0.05) is 6.08 Å². The van der Waals surface area contributed by atoms with Crippen LogP contribution in [-0.4, -0.2) is 203 Å². The molecule has 0 radical (unpaired) electrons. The Hall–Kier alpha value is -1.02. The van der Waals surface area contributed by atoms with E-state index in [1.165, 1.54) is 13.0 Å². The second-order valence-corrected chi connectivity index (χ2v) is 11.4. The summed E-state index contributed by atoms with van der Waals surface area (Å²) in [7, 11) is 0. The fraction of sp³-hybridized carbons (Fsp3) is 0.920. The molecule has 0 amide bonds. The minimum Gasteiger partial charge on any atom is -0.394 e. The highest BCUT2D eigenvalue weighted by Crippen LogP contribution is 2.32. The van der Waals surface area contributed by atoms with Crippen LogP contribution in [0.1, 0.15) is 6.92 Å². The Morgan fingerprint density at radius 1 is 0.636 bits per heavy atom. The molecule has 3 aliphatic heterocycles. The second-order valence-electron chi connectivity index (χ2n) is 11.4. The maximum atomic E-state index is 10.9. The van der Waals surface area contributed by atoms with E-state index in [9.17, 15) is 66.4 Å². The van der Waals surface area contributed by atoms with Gasteiger partial charge in [-0.2, -0.15) is 0 Å². The quantitative estimate of drug-likeness (QED) is 0.103. The van der Waals surface area contributed by atoms with Crippen molar-refractivity contribution in [3.05, 3.63) is 11.6 Å². The molecule has 0 aromatic carbocycles. The highest BCUT2D eigenvalue weighted by molar-refractivity contribution is 5.22. The highest BCUT2D eigenvalue weighted by Gasteiger charge is 2.53. The topological polar surface area (TPSA) is 321 Å². The van der Waals surface area contributed by atoms with Crippen LogP contribution in [0.2, 0.25) is 0 Å². The van der Waals surface area contributed by atoms with Crippen molar-refractivity contribution in [2.24, 2.45) is 0 Å². The molecule has 7 unspecified atom stereocenters. The average Bonchev–Trinajstić information content (AvgIpc) is 3.00. The first kappa shape index (κ1) is 35.8. The molecule has 0 spiro atoms. The van der Waals surface area contributed by atoms with Gasteiger partial charge in [0, 0.05) is 0 Å². The zero-order chi connectivity index (χ0) is 32.6. The molecule has 19 nitrogen and oxygen atoms in total. The molecule has 3 fully saturated rings. The summed E-state index contributed by atoms with van der Waals surface area (Å²) in [6.07, 6.45) is -26.6. The zero-order valence-electron chi connectivity index (χ0n) is 23.5. The van der Waals surface area contributed by atoms with Gasteiger partial charge in [0.2, 0.25) is 0 Å². The summed E-state index contributed by atoms with van der Waals surface area (Å²) in [5.41, 5.74) is 0.0225. The van der Waals surface area contributed by atoms with Crippen molar-refractivity contribution in [2.45, 2.75) is 123 Å². The van der Waals surface area contributed by atoms with E-state index in [1.807, 2.05) is 0 Å². The highest BCUT2D eigenvalue weighted by atomic mass is 16.7. The van der Waals surface area contributed by atoms with Gasteiger partial charge in [-0.05, 0) is 12.5 Å². The summed E-state index contributed by atoms with van der Waals surface area (Å²) < 4.78 is 27.4. The SMILES string of the molecule is CC1O[C@H](O[C@@H]2C(CO)O[C@H](O[C@@H]3C(CO)OC(O)[C@@H](O)C3O)[C@@H](O)C2O)[C@@H](O)C(O)[C@@H]1N[C@H]1C=C(CO)[C@@H](O)[C@H](O)[C@H]1O. The second kappa shape index (κ2) is 14.8. The molecule has 256 valence electrons. The normalized spacial score (nSPS) is 52.0. The molecule has 0 saturated carbocycles. The van der Waals surface area contributed by atoms with Crippen molar-refractivity contribution in [2.75, 3.05) is 19.8 Å². The van der Waals surface area contributed by atoms with E-state index < -0.39 is 136 Å². The van der Waals surface area contributed by atoms with E-state index in [0.717, 1.165) is 0 Å². The van der Waals surface area contributed by atoms with E-state index in [2.05, 4.69) is 5.32 Å². The Morgan fingerprint density at radius 2 is 1.16 bits per heavy atom. The smallest absolute Gasteiger partial charge is 0.187 e. The summed E-state index contributed by atoms with van der Waals surface area (Å²) >= 11 is 0. The van der Waals surface area contributed by atoms with Gasteiger partial charge in [-0.15, -0.1) is 0 Å². The van der Waals surface area contributed by atoms with Crippen LogP contribution >= 0.6 is 0 Å². The molecule has 14 N–H and O–H groups in total. The maximum absolute atomic E-state index is 10.9. The molecule has 3 saturated heterocycles. The molecule has 19 atom stereocenters. The minimum atomic E-state index is -1.93. The van der Waals surface area contributed by atoms with E-state index in [4.69, 9.17) is 23.7 Å². The first-order valence-electron chi connectivity index (χ1n) is 14.1. The minimum absolute atomic E-state index is 0.0225. The van der Waals surface area contributed by atoms with Crippen molar-refractivity contribution in [3.8, 4) is 0 Å². The van der Waals surface area contributed by atoms with Crippen LogP contribution in [0, 0.1) is 0 Å². The standard InChI is InChI=1S/C25H43NO18/c1-6-11(26-8-2-7(3-27)12(30)15(33)13(8)31)14(32)19(37)24(40-6)43-22-10(5-29)42-25(20(38)17(22)35)44-21-9(4-28)41-23(39)18(36)16(21)34/h2,6,8-39H,3-5H2,1H3/t6?,8-,9?,10?,11+,12+,13-,14?,15-,16?,17?,18-,19-,20-,21+,22+,23?,24+,25+/m0/s1. The van der Waals surface area contributed by atoms with Crippen LogP contribution in [0.4, 0.5) is 0 Å². The molecule has 0 bridgehead atoms. The van der Waals surface area contributed by atoms with E-state index >= 15 is 0 Å². The zero-order valence-corrected chi connectivity index (χ0v) is 23.5. The number of hydrogen-bond donors (Lipinski definition) is 14.